The summed E-state index contributed by atoms with van der Waals surface area (Å²) in [6, 6.07) is 7.31. The lowest BCUT2D eigenvalue weighted by Gasteiger charge is -2.05. The monoisotopic (exact) mass is 359 g/mol. The van der Waals surface area contributed by atoms with Gasteiger partial charge in [0.1, 0.15) is 11.4 Å². The summed E-state index contributed by atoms with van der Waals surface area (Å²) in [6.45, 7) is 2.37. The van der Waals surface area contributed by atoms with E-state index >= 15 is 0 Å². The number of aryl methyl sites for hydroxylation is 1. The van der Waals surface area contributed by atoms with Gasteiger partial charge in [-0.3, -0.25) is 5.32 Å². The fourth-order valence-corrected chi connectivity index (χ4v) is 2.68. The second kappa shape index (κ2) is 7.75. The molecule has 8 nitrogen and oxygen atoms in total. The highest BCUT2D eigenvalue weighted by Gasteiger charge is 2.13. The van der Waals surface area contributed by atoms with E-state index in [1.807, 2.05) is 36.6 Å². The van der Waals surface area contributed by atoms with Crippen LogP contribution in [0.2, 0.25) is 0 Å². The molecule has 2 N–H and O–H groups in total. The van der Waals surface area contributed by atoms with Gasteiger partial charge in [0, 0.05) is 11.9 Å². The number of aromatic nitrogens is 3. The third-order valence-corrected chi connectivity index (χ3v) is 4.12. The third kappa shape index (κ3) is 4.54. The number of nitrogens with zero attached hydrogens (tertiary/aromatic N) is 3. The van der Waals surface area contributed by atoms with Crippen LogP contribution in [0.4, 0.5) is 10.8 Å². The molecule has 25 heavy (non-hydrogen) atoms. The summed E-state index contributed by atoms with van der Waals surface area (Å²) in [5.74, 6) is 1.08. The van der Waals surface area contributed by atoms with Gasteiger partial charge in [0.05, 0.1) is 12.1 Å². The van der Waals surface area contributed by atoms with Crippen molar-refractivity contribution in [1.29, 1.82) is 0 Å². The molecule has 0 bridgehead atoms. The molecule has 130 valence electrons. The normalized spacial score (nSPS) is 10.5. The summed E-state index contributed by atoms with van der Waals surface area (Å²) in [6.07, 6.45) is 0.699. The summed E-state index contributed by atoms with van der Waals surface area (Å²) < 4.78 is 10.5. The van der Waals surface area contributed by atoms with E-state index in [0.29, 0.717) is 18.7 Å². The Morgan fingerprint density at radius 1 is 1.28 bits per heavy atom. The zero-order chi connectivity index (χ0) is 17.6. The smallest absolute Gasteiger partial charge is 0.324 e. The molecule has 2 heterocycles. The largest absolute Gasteiger partial charge is 0.497 e. The van der Waals surface area contributed by atoms with Gasteiger partial charge in [0.2, 0.25) is 0 Å². The van der Waals surface area contributed by atoms with Crippen LogP contribution in [0.5, 0.6) is 5.75 Å². The molecule has 0 saturated carbocycles. The fourth-order valence-electron chi connectivity index (χ4n) is 2.09. The summed E-state index contributed by atoms with van der Waals surface area (Å²) in [5.41, 5.74) is 1.70. The van der Waals surface area contributed by atoms with Crippen LogP contribution in [-0.4, -0.2) is 34.9 Å². The molecule has 0 atom stereocenters. The van der Waals surface area contributed by atoms with Gasteiger partial charge in [0.25, 0.3) is 5.89 Å². The zero-order valence-electron chi connectivity index (χ0n) is 13.8. The van der Waals surface area contributed by atoms with E-state index in [2.05, 4.69) is 25.8 Å². The molecule has 0 aliphatic heterocycles. The Balaban J connectivity index is 1.47. The fraction of sp³-hybridized carbons (Fsp3) is 0.250. The second-order valence-corrected chi connectivity index (χ2v) is 6.21. The number of benzene rings is 1. The van der Waals surface area contributed by atoms with Crippen LogP contribution in [0.25, 0.3) is 11.6 Å². The van der Waals surface area contributed by atoms with Gasteiger partial charge < -0.3 is 14.5 Å². The van der Waals surface area contributed by atoms with Crippen LogP contribution >= 0.6 is 11.3 Å². The Morgan fingerprint density at radius 3 is 2.76 bits per heavy atom. The maximum atomic E-state index is 11.9. The minimum Gasteiger partial charge on any atom is -0.497 e. The molecule has 3 rings (SSSR count). The lowest BCUT2D eigenvalue weighted by atomic mass is 10.1. The molecule has 2 aromatic heterocycles. The van der Waals surface area contributed by atoms with E-state index in [4.69, 9.17) is 9.15 Å². The second-order valence-electron chi connectivity index (χ2n) is 5.14. The zero-order valence-corrected chi connectivity index (χ0v) is 14.6. The summed E-state index contributed by atoms with van der Waals surface area (Å²) >= 11 is 1.49. The minimum atomic E-state index is -0.404. The van der Waals surface area contributed by atoms with E-state index in [1.165, 1.54) is 11.3 Å². The van der Waals surface area contributed by atoms with Crippen molar-refractivity contribution in [3.05, 3.63) is 40.2 Å². The van der Waals surface area contributed by atoms with Gasteiger partial charge in [0.15, 0.2) is 0 Å². The molecule has 0 saturated heterocycles. The van der Waals surface area contributed by atoms with E-state index in [0.717, 1.165) is 16.3 Å². The van der Waals surface area contributed by atoms with Crippen molar-refractivity contribution in [2.75, 3.05) is 19.0 Å². The number of amides is 2. The van der Waals surface area contributed by atoms with Gasteiger partial charge in [-0.2, -0.15) is 0 Å². The Labute approximate surface area is 148 Å². The third-order valence-electron chi connectivity index (χ3n) is 3.34. The highest BCUT2D eigenvalue weighted by Crippen LogP contribution is 2.21. The van der Waals surface area contributed by atoms with Crippen molar-refractivity contribution in [2.45, 2.75) is 13.3 Å². The number of ether oxygens (including phenoxy) is 1. The van der Waals surface area contributed by atoms with Gasteiger partial charge in [-0.05, 0) is 31.0 Å². The molecule has 0 fully saturated rings. The van der Waals surface area contributed by atoms with Crippen molar-refractivity contribution in [1.82, 2.24) is 20.5 Å². The number of nitrogens with one attached hydrogen (secondary N) is 2. The molecular formula is C16H17N5O3S. The predicted octanol–water partition coefficient (Wildman–Crippen LogP) is 2.87. The topological polar surface area (TPSA) is 102 Å². The Morgan fingerprint density at radius 2 is 2.08 bits per heavy atom. The molecular weight excluding hydrogens is 342 g/mol. The molecule has 2 amide bonds. The summed E-state index contributed by atoms with van der Waals surface area (Å²) in [5, 5.41) is 15.6. The minimum absolute atomic E-state index is 0.0302. The Kier molecular flexibility index (Phi) is 5.24. The summed E-state index contributed by atoms with van der Waals surface area (Å²) in [7, 11) is 1.62. The maximum absolute atomic E-state index is 11.9. The quantitative estimate of drug-likeness (QED) is 0.702. The van der Waals surface area contributed by atoms with Gasteiger partial charge >= 0.3 is 12.0 Å². The number of carbonyl (C=O) groups excluding carboxylic acids is 1. The first-order valence-corrected chi connectivity index (χ1v) is 8.46. The first-order valence-electron chi connectivity index (χ1n) is 7.58. The average Bonchev–Trinajstić information content (AvgIpc) is 3.24. The number of carbonyl (C=O) groups is 1. The van der Waals surface area contributed by atoms with E-state index in [1.54, 1.807) is 7.11 Å². The number of urea groups is 1. The molecule has 0 spiro atoms. The SMILES string of the molecule is COc1ccc(CCNC(=O)Nc2nnc(-c3csc(C)n3)o2)cc1. The van der Waals surface area contributed by atoms with Crippen molar-refractivity contribution in [2.24, 2.45) is 0 Å². The van der Waals surface area contributed by atoms with Crippen LogP contribution in [0.3, 0.4) is 0 Å². The number of rotatable bonds is 6. The number of hydrogen-bond donors (Lipinski definition) is 2. The average molecular weight is 359 g/mol. The van der Waals surface area contributed by atoms with Crippen molar-refractivity contribution in [3.8, 4) is 17.3 Å². The molecule has 9 heteroatoms. The lowest BCUT2D eigenvalue weighted by Crippen LogP contribution is -2.30. The molecule has 0 aliphatic rings. The van der Waals surface area contributed by atoms with Crippen LogP contribution in [0, 0.1) is 6.92 Å². The van der Waals surface area contributed by atoms with Crippen LogP contribution in [0.15, 0.2) is 34.1 Å². The molecule has 0 radical (unpaired) electrons. The number of thiazole rings is 1. The molecule has 0 unspecified atom stereocenters. The lowest BCUT2D eigenvalue weighted by molar-refractivity contribution is 0.251. The Bertz CT molecular complexity index is 844. The number of hydrogen-bond acceptors (Lipinski definition) is 7. The molecule has 0 aliphatic carbocycles. The van der Waals surface area contributed by atoms with E-state index < -0.39 is 6.03 Å². The van der Waals surface area contributed by atoms with Crippen LogP contribution in [-0.2, 0) is 6.42 Å². The van der Waals surface area contributed by atoms with E-state index in [-0.39, 0.29) is 11.9 Å². The highest BCUT2D eigenvalue weighted by atomic mass is 32.1. The van der Waals surface area contributed by atoms with E-state index in [9.17, 15) is 4.79 Å². The standard InChI is InChI=1S/C16H17N5O3S/c1-10-18-13(9-25-10)14-20-21-16(24-14)19-15(22)17-8-7-11-3-5-12(23-2)6-4-11/h3-6,9H,7-8H2,1-2H3,(H2,17,19,21,22). The van der Waals surface area contributed by atoms with Gasteiger partial charge in [-0.1, -0.05) is 17.2 Å². The van der Waals surface area contributed by atoms with Crippen molar-refractivity contribution >= 4 is 23.4 Å². The molecule has 3 aromatic rings. The number of methoxy groups -OCH3 is 1. The van der Waals surface area contributed by atoms with Crippen LogP contribution < -0.4 is 15.4 Å². The Hall–Kier alpha value is -2.94. The maximum Gasteiger partial charge on any atom is 0.324 e. The highest BCUT2D eigenvalue weighted by molar-refractivity contribution is 7.09. The first-order chi connectivity index (χ1) is 12.1. The van der Waals surface area contributed by atoms with Gasteiger partial charge in [-0.15, -0.1) is 16.4 Å². The van der Waals surface area contributed by atoms with Crippen molar-refractivity contribution in [3.63, 3.8) is 0 Å². The van der Waals surface area contributed by atoms with Crippen molar-refractivity contribution < 1.29 is 13.9 Å². The van der Waals surface area contributed by atoms with Gasteiger partial charge in [-0.25, -0.2) is 9.78 Å². The summed E-state index contributed by atoms with van der Waals surface area (Å²) in [4.78, 5) is 16.1. The number of anilines is 1. The van der Waals surface area contributed by atoms with Crippen LogP contribution in [0.1, 0.15) is 10.6 Å². The molecule has 1 aromatic carbocycles. The first kappa shape index (κ1) is 16.9. The predicted molar refractivity (Wildman–Crippen MR) is 93.9 cm³/mol.